The van der Waals surface area contributed by atoms with Gasteiger partial charge in [-0.15, -0.1) is 0 Å². The van der Waals surface area contributed by atoms with E-state index in [1.807, 2.05) is 12.4 Å². The highest BCUT2D eigenvalue weighted by Crippen LogP contribution is 2.52. The maximum atomic E-state index is 6.42. The van der Waals surface area contributed by atoms with Crippen LogP contribution >= 0.6 is 12.2 Å². The topological polar surface area (TPSA) is 28.2 Å². The molecule has 7 rings (SSSR count). The molecule has 3 aromatic rings. The third kappa shape index (κ3) is 2.93. The van der Waals surface area contributed by atoms with Gasteiger partial charge < -0.3 is 5.32 Å². The number of fused-ring (bicyclic) bond motifs is 2. The SMILES string of the molecule is S=C(c1cccc(-c2ccccc2)c1)C12C(c3cccnc3)CNC1C1CCN2CC1. The summed E-state index contributed by atoms with van der Waals surface area (Å²) in [4.78, 5) is 8.25. The second-order valence-corrected chi connectivity index (χ2v) is 9.56. The maximum absolute atomic E-state index is 6.42. The number of rotatable bonds is 4. The number of aromatic nitrogens is 1. The summed E-state index contributed by atoms with van der Waals surface area (Å²) in [6, 6.07) is 24.2. The summed E-state index contributed by atoms with van der Waals surface area (Å²) in [6.07, 6.45) is 6.45. The Balaban J connectivity index is 1.48. The normalized spacial score (nSPS) is 31.4. The smallest absolute Gasteiger partial charge is 0.0807 e. The van der Waals surface area contributed by atoms with Crippen molar-refractivity contribution in [1.29, 1.82) is 0 Å². The zero-order chi connectivity index (χ0) is 20.8. The Hall–Kier alpha value is -2.40. The summed E-state index contributed by atoms with van der Waals surface area (Å²) in [5, 5.41) is 3.92. The predicted octanol–water partition coefficient (Wildman–Crippen LogP) is 4.69. The van der Waals surface area contributed by atoms with E-state index in [0.29, 0.717) is 17.9 Å². The molecule has 3 unspecified atom stereocenters. The van der Waals surface area contributed by atoms with Crippen molar-refractivity contribution in [3.8, 4) is 11.1 Å². The molecule has 0 radical (unpaired) electrons. The summed E-state index contributed by atoms with van der Waals surface area (Å²) in [5.41, 5.74) is 4.79. The van der Waals surface area contributed by atoms with Gasteiger partial charge in [-0.25, -0.2) is 0 Å². The van der Waals surface area contributed by atoms with E-state index in [1.165, 1.54) is 35.1 Å². The molecular weight excluding hydrogens is 398 g/mol. The molecule has 156 valence electrons. The molecule has 4 heteroatoms. The molecule has 4 aliphatic heterocycles. The highest BCUT2D eigenvalue weighted by molar-refractivity contribution is 7.81. The van der Waals surface area contributed by atoms with Gasteiger partial charge in [0.05, 0.1) is 5.54 Å². The highest BCUT2D eigenvalue weighted by atomic mass is 32.1. The highest BCUT2D eigenvalue weighted by Gasteiger charge is 2.63. The summed E-state index contributed by atoms with van der Waals surface area (Å²) < 4.78 is 0. The monoisotopic (exact) mass is 425 g/mol. The fourth-order valence-corrected chi connectivity index (χ4v) is 6.94. The number of hydrogen-bond donors (Lipinski definition) is 1. The minimum Gasteiger partial charge on any atom is -0.311 e. The van der Waals surface area contributed by atoms with Crippen molar-refractivity contribution < 1.29 is 0 Å². The van der Waals surface area contributed by atoms with Crippen LogP contribution in [0.25, 0.3) is 11.1 Å². The molecule has 4 saturated heterocycles. The maximum Gasteiger partial charge on any atom is 0.0807 e. The molecule has 4 aliphatic rings. The van der Waals surface area contributed by atoms with Crippen molar-refractivity contribution in [2.45, 2.75) is 30.3 Å². The van der Waals surface area contributed by atoms with E-state index in [-0.39, 0.29) is 5.54 Å². The average Bonchev–Trinajstić information content (AvgIpc) is 3.29. The molecule has 0 spiro atoms. The van der Waals surface area contributed by atoms with Gasteiger partial charge >= 0.3 is 0 Å². The molecule has 5 heterocycles. The minimum atomic E-state index is -0.158. The van der Waals surface area contributed by atoms with Crippen molar-refractivity contribution in [3.05, 3.63) is 90.3 Å². The average molecular weight is 426 g/mol. The van der Waals surface area contributed by atoms with Crippen molar-refractivity contribution >= 4 is 17.1 Å². The van der Waals surface area contributed by atoms with Gasteiger partial charge in [0.2, 0.25) is 0 Å². The number of piperidine rings is 3. The number of thiocarbonyl (C=S) groups is 1. The summed E-state index contributed by atoms with van der Waals surface area (Å²) in [5.74, 6) is 1.02. The first-order valence-electron chi connectivity index (χ1n) is 11.4. The van der Waals surface area contributed by atoms with Gasteiger partial charge in [0.15, 0.2) is 0 Å². The molecule has 4 fully saturated rings. The van der Waals surface area contributed by atoms with E-state index in [4.69, 9.17) is 12.2 Å². The summed E-state index contributed by atoms with van der Waals surface area (Å²) in [6.45, 7) is 3.23. The Labute approximate surface area is 189 Å². The van der Waals surface area contributed by atoms with Gasteiger partial charge in [-0.05, 0) is 66.2 Å². The molecule has 2 aromatic carbocycles. The van der Waals surface area contributed by atoms with E-state index in [9.17, 15) is 0 Å². The van der Waals surface area contributed by atoms with Gasteiger partial charge in [-0.2, -0.15) is 0 Å². The lowest BCUT2D eigenvalue weighted by Gasteiger charge is -2.58. The minimum absolute atomic E-state index is 0.158. The van der Waals surface area contributed by atoms with Crippen molar-refractivity contribution in [1.82, 2.24) is 15.2 Å². The standard InChI is InChI=1S/C27H27N3S/c31-26(22-9-4-8-21(16-22)19-6-2-1-3-7-19)27-24(23-10-5-13-28-17-23)18-29-25(27)20-11-14-30(27)15-12-20/h1-10,13,16-17,20,24-25,29H,11-12,14-15,18H2. The van der Waals surface area contributed by atoms with Gasteiger partial charge in [0.25, 0.3) is 0 Å². The first-order valence-corrected chi connectivity index (χ1v) is 11.8. The molecular formula is C27H27N3S. The number of nitrogens with zero attached hydrogens (tertiary/aromatic N) is 2. The largest absolute Gasteiger partial charge is 0.311 e. The Kier molecular flexibility index (Phi) is 4.75. The molecule has 31 heavy (non-hydrogen) atoms. The van der Waals surface area contributed by atoms with E-state index in [1.54, 1.807) is 0 Å². The summed E-state index contributed by atoms with van der Waals surface area (Å²) >= 11 is 6.42. The molecule has 3 nitrogen and oxygen atoms in total. The number of benzene rings is 2. The van der Waals surface area contributed by atoms with Gasteiger partial charge in [-0.1, -0.05) is 66.8 Å². The first kappa shape index (κ1) is 19.3. The molecule has 1 N–H and O–H groups in total. The van der Waals surface area contributed by atoms with Crippen molar-refractivity contribution in [2.24, 2.45) is 5.92 Å². The Morgan fingerprint density at radius 1 is 0.968 bits per heavy atom. The van der Waals surface area contributed by atoms with Crippen LogP contribution in [0.15, 0.2) is 79.1 Å². The van der Waals surface area contributed by atoms with Crippen LogP contribution in [0.1, 0.15) is 29.9 Å². The summed E-state index contributed by atoms with van der Waals surface area (Å²) in [7, 11) is 0. The van der Waals surface area contributed by atoms with Crippen LogP contribution in [-0.4, -0.2) is 46.0 Å². The number of hydrogen-bond acceptors (Lipinski definition) is 4. The third-order valence-corrected chi connectivity index (χ3v) is 8.33. The second-order valence-electron chi connectivity index (χ2n) is 9.15. The number of pyridine rings is 1. The zero-order valence-corrected chi connectivity index (χ0v) is 18.4. The quantitative estimate of drug-likeness (QED) is 0.485. The second kappa shape index (κ2) is 7.63. The van der Waals surface area contributed by atoms with Crippen LogP contribution in [0.2, 0.25) is 0 Å². The Morgan fingerprint density at radius 2 is 1.77 bits per heavy atom. The van der Waals surface area contributed by atoms with Crippen LogP contribution in [0, 0.1) is 5.92 Å². The van der Waals surface area contributed by atoms with Gasteiger partial charge in [0.1, 0.15) is 0 Å². The van der Waals surface area contributed by atoms with Gasteiger partial charge in [-0.3, -0.25) is 9.88 Å². The van der Waals surface area contributed by atoms with Crippen LogP contribution in [-0.2, 0) is 0 Å². The zero-order valence-electron chi connectivity index (χ0n) is 17.6. The first-order chi connectivity index (χ1) is 15.3. The van der Waals surface area contributed by atoms with E-state index in [0.717, 1.165) is 24.5 Å². The molecule has 0 amide bonds. The van der Waals surface area contributed by atoms with Crippen LogP contribution in [0.4, 0.5) is 0 Å². The predicted molar refractivity (Wildman–Crippen MR) is 129 cm³/mol. The molecule has 0 aliphatic carbocycles. The van der Waals surface area contributed by atoms with E-state index < -0.39 is 0 Å². The van der Waals surface area contributed by atoms with Crippen LogP contribution in [0.3, 0.4) is 0 Å². The number of nitrogens with one attached hydrogen (secondary N) is 1. The lowest BCUT2D eigenvalue weighted by atomic mass is 9.63. The fourth-order valence-electron chi connectivity index (χ4n) is 6.42. The van der Waals surface area contributed by atoms with Crippen LogP contribution < -0.4 is 5.32 Å². The molecule has 1 aromatic heterocycles. The Morgan fingerprint density at radius 3 is 2.55 bits per heavy atom. The lowest BCUT2D eigenvalue weighted by molar-refractivity contribution is -0.00444. The molecule has 0 saturated carbocycles. The Bertz CT molecular complexity index is 1090. The molecule has 2 bridgehead atoms. The molecule has 3 atom stereocenters. The van der Waals surface area contributed by atoms with Crippen molar-refractivity contribution in [3.63, 3.8) is 0 Å². The fraction of sp³-hybridized carbons (Fsp3) is 0.333. The van der Waals surface area contributed by atoms with E-state index in [2.05, 4.69) is 81.9 Å². The van der Waals surface area contributed by atoms with Crippen molar-refractivity contribution in [2.75, 3.05) is 19.6 Å². The third-order valence-electron chi connectivity index (χ3n) is 7.76. The lowest BCUT2D eigenvalue weighted by Crippen LogP contribution is -2.72. The van der Waals surface area contributed by atoms with E-state index >= 15 is 0 Å². The van der Waals surface area contributed by atoms with Crippen LogP contribution in [0.5, 0.6) is 0 Å². The van der Waals surface area contributed by atoms with Gasteiger partial charge in [0, 0.05) is 35.8 Å².